The third-order valence-electron chi connectivity index (χ3n) is 12.2. The number of piperazine rings is 1. The summed E-state index contributed by atoms with van der Waals surface area (Å²) in [5.74, 6) is -0.00573. The molecule has 318 valence electrons. The Morgan fingerprint density at radius 3 is 2.54 bits per heavy atom. The molecule has 5 N–H and O–H groups in total. The summed E-state index contributed by atoms with van der Waals surface area (Å²) in [6.07, 6.45) is 8.54. The minimum Gasteiger partial charge on any atom is -0.384 e. The van der Waals surface area contributed by atoms with Crippen LogP contribution in [0.15, 0.2) is 78.2 Å². The molecule has 2 atom stereocenters. The van der Waals surface area contributed by atoms with Gasteiger partial charge in [-0.2, -0.15) is 4.98 Å². The normalized spacial score (nSPS) is 19.1. The Balaban J connectivity index is 0.835. The second kappa shape index (κ2) is 17.7. The van der Waals surface area contributed by atoms with Gasteiger partial charge in [-0.05, 0) is 105 Å². The molecule has 5 aromatic rings. The first-order valence-electron chi connectivity index (χ1n) is 21.2. The number of carbonyl (C=O) groups excluding carboxylic acids is 3. The Morgan fingerprint density at radius 1 is 0.984 bits per heavy atom. The molecular weight excluding hydrogens is 775 g/mol. The number of benzene rings is 2. The van der Waals surface area contributed by atoms with Crippen LogP contribution in [0.3, 0.4) is 0 Å². The minimum atomic E-state index is -0.973. The summed E-state index contributed by atoms with van der Waals surface area (Å²) in [7, 11) is 1.73. The van der Waals surface area contributed by atoms with Crippen LogP contribution in [0.25, 0.3) is 11.0 Å². The van der Waals surface area contributed by atoms with Crippen molar-refractivity contribution in [3.8, 4) is 0 Å². The molecule has 61 heavy (non-hydrogen) atoms. The molecular formula is C45H53N11O5. The van der Waals surface area contributed by atoms with Crippen LogP contribution in [-0.2, 0) is 35.1 Å². The largest absolute Gasteiger partial charge is 0.384 e. The average molecular weight is 828 g/mol. The van der Waals surface area contributed by atoms with Crippen molar-refractivity contribution in [2.45, 2.75) is 69.9 Å². The Kier molecular flexibility index (Phi) is 12.0. The second-order valence-electron chi connectivity index (χ2n) is 16.1. The number of hydrogen-bond acceptors (Lipinski definition) is 12. The van der Waals surface area contributed by atoms with Gasteiger partial charge < -0.3 is 26.0 Å². The van der Waals surface area contributed by atoms with Crippen molar-refractivity contribution in [2.75, 3.05) is 54.8 Å². The Morgan fingerprint density at radius 2 is 1.79 bits per heavy atom. The number of carbonyl (C=O) groups is 3. The Hall–Kier alpha value is -6.39. The van der Waals surface area contributed by atoms with Crippen LogP contribution in [-0.4, -0.2) is 91.1 Å². The summed E-state index contributed by atoms with van der Waals surface area (Å²) < 4.78 is 3.11. The molecule has 5 heterocycles. The maximum Gasteiger partial charge on any atom is 0.329 e. The fraction of sp³-hybridized carbons (Fsp3) is 0.400. The molecule has 0 spiro atoms. The fourth-order valence-electron chi connectivity index (χ4n) is 8.62. The number of aliphatic hydroxyl groups is 1. The van der Waals surface area contributed by atoms with Gasteiger partial charge in [-0.25, -0.2) is 14.8 Å². The number of imidazole rings is 1. The van der Waals surface area contributed by atoms with E-state index in [1.807, 2.05) is 49.4 Å². The van der Waals surface area contributed by atoms with Crippen LogP contribution in [0.4, 0.5) is 29.0 Å². The number of aryl methyl sites for hydroxylation is 3. The van der Waals surface area contributed by atoms with E-state index < -0.39 is 17.6 Å². The molecule has 16 heteroatoms. The molecule has 0 bridgehead atoms. The predicted octanol–water partition coefficient (Wildman–Crippen LogP) is 4.59. The van der Waals surface area contributed by atoms with Crippen LogP contribution in [0, 0.1) is 0 Å². The lowest BCUT2D eigenvalue weighted by Crippen LogP contribution is -2.46. The fourth-order valence-corrected chi connectivity index (χ4v) is 8.62. The summed E-state index contributed by atoms with van der Waals surface area (Å²) in [5.41, 5.74) is 5.29. The van der Waals surface area contributed by atoms with Crippen molar-refractivity contribution in [3.63, 3.8) is 0 Å². The smallest absolute Gasteiger partial charge is 0.329 e. The van der Waals surface area contributed by atoms with Gasteiger partial charge in [0.1, 0.15) is 28.8 Å². The highest BCUT2D eigenvalue weighted by Gasteiger charge is 2.37. The van der Waals surface area contributed by atoms with E-state index in [1.54, 1.807) is 17.7 Å². The van der Waals surface area contributed by atoms with E-state index in [4.69, 9.17) is 4.98 Å². The molecule has 0 saturated carbocycles. The molecule has 8 rings (SSSR count). The van der Waals surface area contributed by atoms with Crippen LogP contribution < -0.4 is 31.9 Å². The van der Waals surface area contributed by atoms with Gasteiger partial charge in [0.2, 0.25) is 17.8 Å². The van der Waals surface area contributed by atoms with E-state index in [0.717, 1.165) is 86.4 Å². The molecule has 2 saturated heterocycles. The molecule has 3 amide bonds. The number of nitrogens with zero attached hydrogens (tertiary/aromatic N) is 7. The third-order valence-corrected chi connectivity index (χ3v) is 12.2. The molecule has 16 nitrogen and oxygen atoms in total. The highest BCUT2D eigenvalue weighted by atomic mass is 16.3. The number of imide groups is 1. The van der Waals surface area contributed by atoms with Crippen molar-refractivity contribution < 1.29 is 19.5 Å². The maximum atomic E-state index is 13.1. The van der Waals surface area contributed by atoms with E-state index in [1.165, 1.54) is 10.8 Å². The van der Waals surface area contributed by atoms with E-state index in [-0.39, 0.29) is 35.3 Å². The Labute approximate surface area is 354 Å². The topological polar surface area (TPSA) is 192 Å². The Bertz CT molecular complexity index is 2520. The maximum absolute atomic E-state index is 13.1. The summed E-state index contributed by atoms with van der Waals surface area (Å²) in [6, 6.07) is 17.3. The first-order chi connectivity index (χ1) is 29.5. The van der Waals surface area contributed by atoms with Crippen molar-refractivity contribution in [3.05, 3.63) is 106 Å². The molecule has 2 aliphatic heterocycles. The van der Waals surface area contributed by atoms with Gasteiger partial charge in [0.15, 0.2) is 0 Å². The predicted molar refractivity (Wildman–Crippen MR) is 235 cm³/mol. The minimum absolute atomic E-state index is 0.217. The van der Waals surface area contributed by atoms with E-state index in [2.05, 4.69) is 59.7 Å². The summed E-state index contributed by atoms with van der Waals surface area (Å²) in [6.45, 7) is 10.7. The van der Waals surface area contributed by atoms with Gasteiger partial charge >= 0.3 is 5.69 Å². The molecule has 0 radical (unpaired) electrons. The molecule has 2 aromatic carbocycles. The van der Waals surface area contributed by atoms with E-state index >= 15 is 0 Å². The standard InChI is InChI=1S/C45H53N11O5/c1-4-21-46-41(58)33-28-47-43(52-40(33)50-37-17-10-30-19-20-45(61,5-2)39(30)49-37)48-31-11-13-32(14-12-31)55-25-23-54(24-26-55)22-7-6-8-29-9-15-34-36(27-29)53(3)44(60)56(34)35-16-18-38(57)51-42(35)59/h4,9-15,17,27-28,35,61H,1,5-8,16,18-26H2,2-3H3,(H,46,58)(H,51,57,59)(H2,47,48,49,50,52)/t35?,45-/m1/s1. The number of pyridine rings is 1. The molecule has 3 aliphatic rings. The number of hydrogen-bond donors (Lipinski definition) is 5. The number of anilines is 5. The van der Waals surface area contributed by atoms with Gasteiger partial charge in [0.05, 0.1) is 16.7 Å². The van der Waals surface area contributed by atoms with Crippen molar-refractivity contribution in [1.82, 2.24) is 39.6 Å². The monoisotopic (exact) mass is 827 g/mol. The number of piperidine rings is 1. The van der Waals surface area contributed by atoms with Gasteiger partial charge in [-0.1, -0.05) is 25.1 Å². The molecule has 1 unspecified atom stereocenters. The van der Waals surface area contributed by atoms with Gasteiger partial charge in [-0.3, -0.25) is 33.7 Å². The zero-order valence-corrected chi connectivity index (χ0v) is 34.7. The lowest BCUT2D eigenvalue weighted by molar-refractivity contribution is -0.135. The number of fused-ring (bicyclic) bond motifs is 2. The molecule has 2 fully saturated rings. The number of nitrogens with one attached hydrogen (secondary N) is 4. The quantitative estimate of drug-likeness (QED) is 0.0561. The van der Waals surface area contributed by atoms with Crippen LogP contribution in [0.5, 0.6) is 0 Å². The van der Waals surface area contributed by atoms with Crippen molar-refractivity contribution in [2.24, 2.45) is 7.05 Å². The van der Waals surface area contributed by atoms with Crippen LogP contribution in [0.2, 0.25) is 0 Å². The van der Waals surface area contributed by atoms with E-state index in [0.29, 0.717) is 48.8 Å². The number of amides is 3. The summed E-state index contributed by atoms with van der Waals surface area (Å²) in [4.78, 5) is 69.2. The first kappa shape index (κ1) is 41.3. The first-order valence-corrected chi connectivity index (χ1v) is 21.2. The zero-order valence-electron chi connectivity index (χ0n) is 34.7. The highest BCUT2D eigenvalue weighted by Crippen LogP contribution is 2.39. The van der Waals surface area contributed by atoms with Crippen molar-refractivity contribution in [1.29, 1.82) is 0 Å². The van der Waals surface area contributed by atoms with Crippen LogP contribution in [0.1, 0.15) is 78.7 Å². The molecule has 1 aliphatic carbocycles. The number of rotatable bonds is 15. The van der Waals surface area contributed by atoms with Gasteiger partial charge in [-0.15, -0.1) is 6.58 Å². The second-order valence-corrected chi connectivity index (χ2v) is 16.1. The van der Waals surface area contributed by atoms with Gasteiger partial charge in [0, 0.05) is 63.8 Å². The SMILES string of the molecule is C=CCNC(=O)c1cnc(Nc2ccc(N3CCN(CCCCc4ccc5c(c4)n(C)c(=O)n5C4CCC(=O)NC4=O)CC3)cc2)nc1Nc1ccc2c(n1)[C@@](O)(CC)CC2. The number of aromatic nitrogens is 5. The lowest BCUT2D eigenvalue weighted by Gasteiger charge is -2.36. The van der Waals surface area contributed by atoms with E-state index in [9.17, 15) is 24.3 Å². The van der Waals surface area contributed by atoms with Gasteiger partial charge in [0.25, 0.3) is 5.91 Å². The number of unbranched alkanes of at least 4 members (excludes halogenated alkanes) is 1. The molecule has 3 aromatic heterocycles. The average Bonchev–Trinajstić information content (AvgIpc) is 3.73. The summed E-state index contributed by atoms with van der Waals surface area (Å²) >= 11 is 0. The lowest BCUT2D eigenvalue weighted by atomic mass is 9.98. The zero-order chi connectivity index (χ0) is 42.7. The van der Waals surface area contributed by atoms with Crippen molar-refractivity contribution >= 4 is 57.7 Å². The third kappa shape index (κ3) is 8.77. The van der Waals surface area contributed by atoms with Crippen LogP contribution >= 0.6 is 0 Å². The summed E-state index contributed by atoms with van der Waals surface area (Å²) in [5, 5.41) is 22.8. The highest BCUT2D eigenvalue weighted by molar-refractivity contribution is 6.00.